The number of likely N-dealkylation sites (tertiary alicyclic amines) is 1. The Labute approximate surface area is 219 Å². The molecule has 0 aliphatic carbocycles. The van der Waals surface area contributed by atoms with Gasteiger partial charge in [-0.05, 0) is 50.6 Å². The second-order valence-corrected chi connectivity index (χ2v) is 10.8. The van der Waals surface area contributed by atoms with Gasteiger partial charge in [0.25, 0.3) is 5.91 Å². The van der Waals surface area contributed by atoms with Crippen LogP contribution in [0.5, 0.6) is 0 Å². The summed E-state index contributed by atoms with van der Waals surface area (Å²) in [5.41, 5.74) is 1.67. The van der Waals surface area contributed by atoms with Gasteiger partial charge in [-0.25, -0.2) is 4.98 Å². The number of rotatable bonds is 5. The van der Waals surface area contributed by atoms with Crippen LogP contribution >= 0.6 is 11.3 Å². The van der Waals surface area contributed by atoms with Crippen molar-refractivity contribution in [3.63, 3.8) is 0 Å². The van der Waals surface area contributed by atoms with Crippen molar-refractivity contribution >= 4 is 34.3 Å². The standard InChI is InChI=1S/C26H30N6O4S/c1-16-13-17(5-7-27-16)19-3-4-20(36-19)24(34)28-22-14-21-23(29-25(37-21)31-9-11-35-12-10-31)30-26(22,2)32-8-6-18(33)15-32/h3-5,7,13-14,18,30,33H,6,8-12,15H2,1-2H3,(H,28,34)/t18-,26?/m0/s1. The summed E-state index contributed by atoms with van der Waals surface area (Å²) in [6.45, 7) is 8.09. The molecule has 37 heavy (non-hydrogen) atoms. The molecule has 1 amide bonds. The second kappa shape index (κ2) is 9.56. The minimum atomic E-state index is -0.756. The molecule has 2 atom stereocenters. The monoisotopic (exact) mass is 522 g/mol. The van der Waals surface area contributed by atoms with Gasteiger partial charge in [0, 0.05) is 43.6 Å². The van der Waals surface area contributed by atoms with E-state index in [2.05, 4.69) is 25.4 Å². The fraction of sp³-hybridized carbons (Fsp3) is 0.423. The molecule has 3 aliphatic heterocycles. The maximum absolute atomic E-state index is 13.4. The molecule has 11 heteroatoms. The molecule has 0 aromatic carbocycles. The number of nitrogens with zero attached hydrogens (tertiary/aromatic N) is 4. The number of nitrogens with one attached hydrogen (secondary N) is 2. The SMILES string of the molecule is Cc1cc(-c2ccc(C(=O)NC3=Cc4sc(N5CCOCC5)nc4NC3(C)N3CC[C@H](O)C3)o2)ccn1. The van der Waals surface area contributed by atoms with E-state index in [1.54, 1.807) is 29.7 Å². The molecule has 3 aromatic heterocycles. The molecule has 2 saturated heterocycles. The molecule has 3 aromatic rings. The number of fused-ring (bicyclic) bond motifs is 1. The van der Waals surface area contributed by atoms with E-state index in [-0.39, 0.29) is 11.7 Å². The van der Waals surface area contributed by atoms with Crippen molar-refractivity contribution in [2.75, 3.05) is 49.6 Å². The normalized spacial score (nSPS) is 23.9. The number of morpholine rings is 1. The first-order valence-corrected chi connectivity index (χ1v) is 13.3. The number of amides is 1. The lowest BCUT2D eigenvalue weighted by molar-refractivity contribution is 0.0913. The first-order valence-electron chi connectivity index (χ1n) is 12.5. The van der Waals surface area contributed by atoms with Crippen molar-refractivity contribution in [2.45, 2.75) is 32.0 Å². The van der Waals surface area contributed by atoms with Crippen LogP contribution in [-0.2, 0) is 4.74 Å². The molecular weight excluding hydrogens is 492 g/mol. The van der Waals surface area contributed by atoms with Crippen LogP contribution < -0.4 is 15.5 Å². The Hall–Kier alpha value is -3.25. The number of aryl methyl sites for hydroxylation is 1. The zero-order valence-electron chi connectivity index (χ0n) is 20.9. The Morgan fingerprint density at radius 1 is 1.27 bits per heavy atom. The van der Waals surface area contributed by atoms with E-state index in [1.165, 1.54) is 0 Å². The summed E-state index contributed by atoms with van der Waals surface area (Å²) in [4.78, 5) is 27.8. The van der Waals surface area contributed by atoms with Gasteiger partial charge in [-0.1, -0.05) is 11.3 Å². The summed E-state index contributed by atoms with van der Waals surface area (Å²) >= 11 is 1.59. The summed E-state index contributed by atoms with van der Waals surface area (Å²) < 4.78 is 11.4. The largest absolute Gasteiger partial charge is 0.451 e. The average molecular weight is 523 g/mol. The summed E-state index contributed by atoms with van der Waals surface area (Å²) in [7, 11) is 0. The number of thiazole rings is 1. The molecule has 0 saturated carbocycles. The number of hydrogen-bond acceptors (Lipinski definition) is 10. The van der Waals surface area contributed by atoms with Crippen LogP contribution in [0.1, 0.15) is 34.5 Å². The molecule has 1 unspecified atom stereocenters. The van der Waals surface area contributed by atoms with Gasteiger partial charge >= 0.3 is 0 Å². The van der Waals surface area contributed by atoms with Crippen LogP contribution in [0, 0.1) is 6.92 Å². The maximum atomic E-state index is 13.4. The topological polar surface area (TPSA) is 116 Å². The van der Waals surface area contributed by atoms with Gasteiger partial charge in [0.2, 0.25) is 0 Å². The van der Waals surface area contributed by atoms with Crippen molar-refractivity contribution in [1.82, 2.24) is 20.2 Å². The van der Waals surface area contributed by atoms with E-state index >= 15 is 0 Å². The Balaban J connectivity index is 1.30. The third kappa shape index (κ3) is 4.63. The number of furan rings is 1. The van der Waals surface area contributed by atoms with Crippen molar-refractivity contribution in [2.24, 2.45) is 0 Å². The second-order valence-electron chi connectivity index (χ2n) is 9.76. The van der Waals surface area contributed by atoms with Gasteiger partial charge in [0.1, 0.15) is 17.2 Å². The van der Waals surface area contributed by atoms with Gasteiger partial charge in [0.05, 0.1) is 29.9 Å². The summed E-state index contributed by atoms with van der Waals surface area (Å²) in [5, 5.41) is 17.9. The van der Waals surface area contributed by atoms with Crippen LogP contribution in [-0.4, -0.2) is 77.0 Å². The number of pyridine rings is 1. The third-order valence-corrected chi connectivity index (χ3v) is 8.20. The van der Waals surface area contributed by atoms with Crippen molar-refractivity contribution in [1.29, 1.82) is 0 Å². The van der Waals surface area contributed by atoms with Crippen LogP contribution in [0.3, 0.4) is 0 Å². The average Bonchev–Trinajstić information content (AvgIpc) is 3.65. The molecule has 2 fully saturated rings. The van der Waals surface area contributed by atoms with E-state index in [9.17, 15) is 9.90 Å². The smallest absolute Gasteiger partial charge is 0.291 e. The Bertz CT molecular complexity index is 1350. The third-order valence-electron chi connectivity index (χ3n) is 7.14. The molecule has 194 valence electrons. The molecule has 3 aliphatic rings. The molecule has 6 rings (SSSR count). The predicted octanol–water partition coefficient (Wildman–Crippen LogP) is 2.92. The summed E-state index contributed by atoms with van der Waals surface area (Å²) in [6, 6.07) is 7.25. The lowest BCUT2D eigenvalue weighted by Gasteiger charge is -2.43. The van der Waals surface area contributed by atoms with Crippen LogP contribution in [0.25, 0.3) is 17.4 Å². The van der Waals surface area contributed by atoms with Gasteiger partial charge < -0.3 is 29.8 Å². The van der Waals surface area contributed by atoms with E-state index < -0.39 is 11.8 Å². The van der Waals surface area contributed by atoms with Gasteiger partial charge in [-0.3, -0.25) is 14.7 Å². The van der Waals surface area contributed by atoms with E-state index in [1.807, 2.05) is 32.1 Å². The lowest BCUT2D eigenvalue weighted by atomic mass is 10.0. The fourth-order valence-electron chi connectivity index (χ4n) is 5.02. The molecule has 0 radical (unpaired) electrons. The fourth-order valence-corrected chi connectivity index (χ4v) is 6.04. The number of β-amino-alcohol motifs (C(OH)–C–C–N with tert-alkyl or cyclic N) is 1. The Morgan fingerprint density at radius 2 is 2.11 bits per heavy atom. The molecular formula is C26H30N6O4S. The first-order chi connectivity index (χ1) is 17.9. The minimum absolute atomic E-state index is 0.221. The van der Waals surface area contributed by atoms with Gasteiger partial charge in [-0.15, -0.1) is 0 Å². The molecule has 3 N–H and O–H groups in total. The molecule has 0 bridgehead atoms. The first kappa shape index (κ1) is 24.1. The summed E-state index contributed by atoms with van der Waals surface area (Å²) in [6.07, 6.45) is 3.98. The zero-order valence-corrected chi connectivity index (χ0v) is 21.7. The van der Waals surface area contributed by atoms with E-state index in [4.69, 9.17) is 14.1 Å². The quantitative estimate of drug-likeness (QED) is 0.465. The highest BCUT2D eigenvalue weighted by molar-refractivity contribution is 7.17. The van der Waals surface area contributed by atoms with E-state index in [0.717, 1.165) is 40.2 Å². The maximum Gasteiger partial charge on any atom is 0.291 e. The number of hydrogen-bond donors (Lipinski definition) is 3. The molecule has 6 heterocycles. The van der Waals surface area contributed by atoms with Crippen molar-refractivity contribution in [3.8, 4) is 11.3 Å². The van der Waals surface area contributed by atoms with Crippen molar-refractivity contribution in [3.05, 3.63) is 52.5 Å². The summed E-state index contributed by atoms with van der Waals surface area (Å²) in [5.74, 6) is 1.27. The van der Waals surface area contributed by atoms with Gasteiger partial charge in [-0.2, -0.15) is 0 Å². The van der Waals surface area contributed by atoms with Crippen LogP contribution in [0.15, 0.2) is 40.6 Å². The highest BCUT2D eigenvalue weighted by Gasteiger charge is 2.44. The number of aromatic nitrogens is 2. The highest BCUT2D eigenvalue weighted by Crippen LogP contribution is 2.41. The highest BCUT2D eigenvalue weighted by atomic mass is 32.1. The van der Waals surface area contributed by atoms with Gasteiger partial charge in [0.15, 0.2) is 10.9 Å². The number of aliphatic hydroxyl groups excluding tert-OH is 1. The lowest BCUT2D eigenvalue weighted by Crippen LogP contribution is -2.57. The Morgan fingerprint density at radius 3 is 2.86 bits per heavy atom. The number of aliphatic hydroxyl groups is 1. The number of anilines is 2. The molecule has 0 spiro atoms. The predicted molar refractivity (Wildman–Crippen MR) is 141 cm³/mol. The van der Waals surface area contributed by atoms with E-state index in [0.29, 0.717) is 44.2 Å². The Kier molecular flexibility index (Phi) is 6.23. The van der Waals surface area contributed by atoms with Crippen LogP contribution in [0.4, 0.5) is 10.9 Å². The number of carbonyl (C=O) groups excluding carboxylic acids is 1. The number of ether oxygens (including phenoxy) is 1. The van der Waals surface area contributed by atoms with Crippen molar-refractivity contribution < 1.29 is 19.1 Å². The number of carbonyl (C=O) groups is 1. The zero-order chi connectivity index (χ0) is 25.6. The minimum Gasteiger partial charge on any atom is -0.451 e. The van der Waals surface area contributed by atoms with Crippen LogP contribution in [0.2, 0.25) is 0 Å². The molecule has 10 nitrogen and oxygen atoms in total.